The quantitative estimate of drug-likeness (QED) is 0.702. The van der Waals surface area contributed by atoms with Gasteiger partial charge in [0.25, 0.3) is 0 Å². The Morgan fingerprint density at radius 1 is 1.07 bits per heavy atom. The van der Waals surface area contributed by atoms with Crippen molar-refractivity contribution in [3.63, 3.8) is 0 Å². The molecule has 0 fully saturated rings. The fourth-order valence-electron chi connectivity index (χ4n) is 1.24. The molecule has 1 aromatic carbocycles. The first-order chi connectivity index (χ1) is 6.92. The number of rotatable bonds is 3. The maximum atomic E-state index is 10.9. The molecule has 0 bridgehead atoms. The van der Waals surface area contributed by atoms with Gasteiger partial charge in [0.15, 0.2) is 0 Å². The highest BCUT2D eigenvalue weighted by Crippen LogP contribution is 2.27. The van der Waals surface area contributed by atoms with Gasteiger partial charge in [0.05, 0.1) is 0 Å². The molecule has 0 unspecified atom stereocenters. The molecule has 0 saturated carbocycles. The number of para-hydroxylation sites is 1. The van der Waals surface area contributed by atoms with Crippen LogP contribution in [0, 0.1) is 0 Å². The monoisotopic (exact) mass is 203 g/mol. The van der Waals surface area contributed by atoms with E-state index in [1.807, 2.05) is 47.8 Å². The average molecular weight is 203 g/mol. The maximum absolute atomic E-state index is 10.9. The van der Waals surface area contributed by atoms with E-state index in [4.69, 9.17) is 0 Å². The molecule has 1 aromatic heterocycles. The summed E-state index contributed by atoms with van der Waals surface area (Å²) in [4.78, 5) is 12.6. The number of amides is 1. The Morgan fingerprint density at radius 2 is 1.86 bits per heavy atom. The van der Waals surface area contributed by atoms with Crippen molar-refractivity contribution in [3.05, 3.63) is 47.8 Å². The van der Waals surface area contributed by atoms with Crippen LogP contribution in [0.15, 0.2) is 47.8 Å². The van der Waals surface area contributed by atoms with Crippen LogP contribution in [0.5, 0.6) is 0 Å². The maximum Gasteiger partial charge on any atom is 0.219 e. The largest absolute Gasteiger partial charge is 0.278 e. The Hall–Kier alpha value is -1.61. The molecule has 1 amide bonds. The van der Waals surface area contributed by atoms with E-state index in [-0.39, 0.29) is 0 Å². The van der Waals surface area contributed by atoms with Gasteiger partial charge in [0.1, 0.15) is 5.00 Å². The molecule has 2 nitrogen and oxygen atoms in total. The summed E-state index contributed by atoms with van der Waals surface area (Å²) in [6.45, 7) is 0. The number of anilines is 2. The van der Waals surface area contributed by atoms with Crippen molar-refractivity contribution in [2.75, 3.05) is 4.90 Å². The average Bonchev–Trinajstić information content (AvgIpc) is 2.74. The predicted molar refractivity (Wildman–Crippen MR) is 59.0 cm³/mol. The first-order valence-electron chi connectivity index (χ1n) is 4.25. The van der Waals surface area contributed by atoms with Gasteiger partial charge < -0.3 is 0 Å². The zero-order valence-electron chi connectivity index (χ0n) is 7.46. The summed E-state index contributed by atoms with van der Waals surface area (Å²) in [5.41, 5.74) is 0.893. The summed E-state index contributed by atoms with van der Waals surface area (Å²) in [6.07, 6.45) is 0.834. The summed E-state index contributed by atoms with van der Waals surface area (Å²) in [7, 11) is 0. The Labute approximate surface area is 86.4 Å². The summed E-state index contributed by atoms with van der Waals surface area (Å²) < 4.78 is 0. The lowest BCUT2D eigenvalue weighted by Gasteiger charge is -2.14. The van der Waals surface area contributed by atoms with Crippen LogP contribution in [0.1, 0.15) is 0 Å². The van der Waals surface area contributed by atoms with Crippen LogP contribution in [-0.2, 0) is 4.79 Å². The number of thiophene rings is 1. The summed E-state index contributed by atoms with van der Waals surface area (Å²) in [6, 6.07) is 13.4. The van der Waals surface area contributed by atoms with Crippen LogP contribution in [-0.4, -0.2) is 6.41 Å². The lowest BCUT2D eigenvalue weighted by Crippen LogP contribution is -2.11. The van der Waals surface area contributed by atoms with Crippen LogP contribution in [0.4, 0.5) is 10.7 Å². The number of benzene rings is 1. The summed E-state index contributed by atoms with van der Waals surface area (Å²) >= 11 is 1.55. The molecular weight excluding hydrogens is 194 g/mol. The van der Waals surface area contributed by atoms with Crippen LogP contribution in [0.25, 0.3) is 0 Å². The van der Waals surface area contributed by atoms with E-state index in [1.165, 1.54) is 0 Å². The number of hydrogen-bond donors (Lipinski definition) is 0. The van der Waals surface area contributed by atoms with Crippen molar-refractivity contribution >= 4 is 28.4 Å². The molecular formula is C11H9NOS. The molecule has 0 spiro atoms. The lowest BCUT2D eigenvalue weighted by molar-refractivity contribution is -0.106. The Balaban J connectivity index is 2.36. The standard InChI is InChI=1S/C11H9NOS/c13-9-12(11-7-4-8-14-11)10-5-2-1-3-6-10/h1-9H. The fraction of sp³-hybridized carbons (Fsp3) is 0. The second-order valence-electron chi connectivity index (χ2n) is 2.76. The highest BCUT2D eigenvalue weighted by atomic mass is 32.1. The molecule has 2 rings (SSSR count). The van der Waals surface area contributed by atoms with Crippen LogP contribution >= 0.6 is 11.3 Å². The predicted octanol–water partition coefficient (Wildman–Crippen LogP) is 3.04. The molecule has 0 radical (unpaired) electrons. The van der Waals surface area contributed by atoms with Crippen molar-refractivity contribution in [2.45, 2.75) is 0 Å². The molecule has 0 aliphatic rings. The molecule has 3 heteroatoms. The van der Waals surface area contributed by atoms with Gasteiger partial charge in [-0.3, -0.25) is 9.69 Å². The molecule has 0 aliphatic carbocycles. The van der Waals surface area contributed by atoms with E-state index >= 15 is 0 Å². The zero-order valence-corrected chi connectivity index (χ0v) is 8.28. The van der Waals surface area contributed by atoms with E-state index in [0.29, 0.717) is 0 Å². The first kappa shape index (κ1) is 8.97. The molecule has 1 heterocycles. The second-order valence-corrected chi connectivity index (χ2v) is 3.69. The molecule has 70 valence electrons. The summed E-state index contributed by atoms with van der Waals surface area (Å²) in [5, 5.41) is 2.89. The second kappa shape index (κ2) is 4.07. The highest BCUT2D eigenvalue weighted by Gasteiger charge is 2.07. The third-order valence-electron chi connectivity index (χ3n) is 1.88. The van der Waals surface area contributed by atoms with Crippen molar-refractivity contribution in [1.82, 2.24) is 0 Å². The molecule has 0 atom stereocenters. The van der Waals surface area contributed by atoms with Crippen molar-refractivity contribution in [3.8, 4) is 0 Å². The van der Waals surface area contributed by atoms with Gasteiger partial charge in [-0.25, -0.2) is 0 Å². The zero-order chi connectivity index (χ0) is 9.80. The van der Waals surface area contributed by atoms with E-state index in [2.05, 4.69) is 0 Å². The summed E-state index contributed by atoms with van der Waals surface area (Å²) in [5.74, 6) is 0. The SMILES string of the molecule is O=CN(c1ccccc1)c1cccs1. The van der Waals surface area contributed by atoms with Crippen molar-refractivity contribution < 1.29 is 4.79 Å². The number of carbonyl (C=O) groups excluding carboxylic acids is 1. The van der Waals surface area contributed by atoms with Crippen molar-refractivity contribution in [2.24, 2.45) is 0 Å². The topological polar surface area (TPSA) is 20.3 Å². The minimum Gasteiger partial charge on any atom is -0.278 e. The van der Waals surface area contributed by atoms with Gasteiger partial charge in [0, 0.05) is 5.69 Å². The number of nitrogens with zero attached hydrogens (tertiary/aromatic N) is 1. The van der Waals surface area contributed by atoms with Gasteiger partial charge in [-0.15, -0.1) is 11.3 Å². The third kappa shape index (κ3) is 1.67. The van der Waals surface area contributed by atoms with Crippen molar-refractivity contribution in [1.29, 1.82) is 0 Å². The van der Waals surface area contributed by atoms with Crippen LogP contribution in [0.3, 0.4) is 0 Å². The Bertz CT molecular complexity index is 396. The van der Waals surface area contributed by atoms with Gasteiger partial charge in [-0.1, -0.05) is 18.2 Å². The van der Waals surface area contributed by atoms with Crippen LogP contribution < -0.4 is 4.90 Å². The minimum atomic E-state index is 0.834. The number of hydrogen-bond acceptors (Lipinski definition) is 2. The van der Waals surface area contributed by atoms with E-state index in [0.717, 1.165) is 17.1 Å². The molecule has 0 saturated heterocycles. The minimum absolute atomic E-state index is 0.834. The van der Waals surface area contributed by atoms with Crippen LogP contribution in [0.2, 0.25) is 0 Å². The molecule has 0 aliphatic heterocycles. The van der Waals surface area contributed by atoms with Gasteiger partial charge >= 0.3 is 0 Å². The first-order valence-corrected chi connectivity index (χ1v) is 5.13. The fourth-order valence-corrected chi connectivity index (χ4v) is 1.95. The van der Waals surface area contributed by atoms with E-state index < -0.39 is 0 Å². The number of carbonyl (C=O) groups is 1. The normalized spacial score (nSPS) is 9.71. The van der Waals surface area contributed by atoms with Gasteiger partial charge in [0.2, 0.25) is 6.41 Å². The third-order valence-corrected chi connectivity index (χ3v) is 2.75. The lowest BCUT2D eigenvalue weighted by atomic mass is 10.3. The molecule has 0 N–H and O–H groups in total. The Kier molecular flexibility index (Phi) is 2.60. The van der Waals surface area contributed by atoms with Gasteiger partial charge in [-0.2, -0.15) is 0 Å². The van der Waals surface area contributed by atoms with Gasteiger partial charge in [-0.05, 0) is 29.6 Å². The molecule has 2 aromatic rings. The smallest absolute Gasteiger partial charge is 0.219 e. The highest BCUT2D eigenvalue weighted by molar-refractivity contribution is 7.14. The Morgan fingerprint density at radius 3 is 2.43 bits per heavy atom. The molecule has 14 heavy (non-hydrogen) atoms. The van der Waals surface area contributed by atoms with E-state index in [9.17, 15) is 4.79 Å². The van der Waals surface area contributed by atoms with E-state index in [1.54, 1.807) is 16.2 Å².